The number of rotatable bonds is 19. The summed E-state index contributed by atoms with van der Waals surface area (Å²) in [6, 6.07) is 0. The van der Waals surface area contributed by atoms with Gasteiger partial charge in [0.15, 0.2) is 11.6 Å². The molecule has 0 bridgehead atoms. The van der Waals surface area contributed by atoms with E-state index in [1.54, 1.807) is 7.11 Å². The molecule has 2 N–H and O–H groups in total. The number of ether oxygens (including phenoxy) is 6. The van der Waals surface area contributed by atoms with E-state index in [9.17, 15) is 10.2 Å². The van der Waals surface area contributed by atoms with Gasteiger partial charge in [-0.25, -0.2) is 0 Å². The number of fused-ring (bicyclic) bond motifs is 1. The molecule has 0 radical (unpaired) electrons. The minimum absolute atomic E-state index is 0.00785. The predicted molar refractivity (Wildman–Crippen MR) is 200 cm³/mol. The van der Waals surface area contributed by atoms with Gasteiger partial charge in [-0.2, -0.15) is 0 Å². The maximum absolute atomic E-state index is 11.5. The Labute approximate surface area is 306 Å². The highest BCUT2D eigenvalue weighted by Gasteiger charge is 2.67. The van der Waals surface area contributed by atoms with E-state index in [0.717, 1.165) is 25.0 Å². The minimum atomic E-state index is -1.30. The van der Waals surface area contributed by atoms with Crippen molar-refractivity contribution in [1.82, 2.24) is 0 Å². The van der Waals surface area contributed by atoms with Crippen LogP contribution >= 0.6 is 0 Å². The lowest BCUT2D eigenvalue weighted by molar-refractivity contribution is -0.428. The van der Waals surface area contributed by atoms with Crippen LogP contribution in [-0.4, -0.2) is 76.7 Å². The van der Waals surface area contributed by atoms with Crippen LogP contribution < -0.4 is 0 Å². The summed E-state index contributed by atoms with van der Waals surface area (Å²) in [6.45, 7) is 38.2. The van der Waals surface area contributed by atoms with Crippen LogP contribution in [0.15, 0.2) is 24.5 Å². The SMILES string of the molecule is C=C([C@@H](C)[C@@H](C)[C@H](C)[C@@H](C)O[C@H](C)[C@@H](CC)C(=C)OC)[C@H](CC)[C@H](C)O[C@]1(C)O[C@](C)(OC(C)(C)[C@H]2CC[C@](O)(CC)[C@H](C)O2)[C@H](O)C2CC21. The van der Waals surface area contributed by atoms with E-state index in [2.05, 4.69) is 68.5 Å². The second-order valence-electron chi connectivity index (χ2n) is 17.2. The number of hydrogen-bond acceptors (Lipinski definition) is 8. The molecule has 50 heavy (non-hydrogen) atoms. The monoisotopic (exact) mass is 709 g/mol. The van der Waals surface area contributed by atoms with Crippen molar-refractivity contribution in [3.63, 3.8) is 0 Å². The van der Waals surface area contributed by atoms with Gasteiger partial charge in [0.1, 0.15) is 6.10 Å². The third-order valence-corrected chi connectivity index (χ3v) is 13.6. The number of aliphatic hydroxyl groups excluding tert-OH is 1. The van der Waals surface area contributed by atoms with Crippen LogP contribution in [0.4, 0.5) is 0 Å². The van der Waals surface area contributed by atoms with Gasteiger partial charge in [0.2, 0.25) is 0 Å². The Hall–Kier alpha value is -1.00. The first-order chi connectivity index (χ1) is 23.1. The predicted octanol–water partition coefficient (Wildman–Crippen LogP) is 8.83. The molecular weight excluding hydrogens is 632 g/mol. The fourth-order valence-corrected chi connectivity index (χ4v) is 9.31. The van der Waals surface area contributed by atoms with Gasteiger partial charge in [0.25, 0.3) is 0 Å². The summed E-state index contributed by atoms with van der Waals surface area (Å²) in [4.78, 5) is 0. The van der Waals surface area contributed by atoms with Crippen molar-refractivity contribution in [2.75, 3.05) is 7.11 Å². The molecule has 1 aliphatic carbocycles. The van der Waals surface area contributed by atoms with Gasteiger partial charge in [-0.1, -0.05) is 60.3 Å². The number of aliphatic hydroxyl groups is 2. The molecule has 3 rings (SSSR count). The first-order valence-electron chi connectivity index (χ1n) is 19.8. The van der Waals surface area contributed by atoms with Crippen LogP contribution in [0.25, 0.3) is 0 Å². The van der Waals surface area contributed by atoms with Crippen LogP contribution in [-0.2, 0) is 28.4 Å². The van der Waals surface area contributed by atoms with Crippen molar-refractivity contribution >= 4 is 0 Å². The average Bonchev–Trinajstić information content (AvgIpc) is 3.86. The van der Waals surface area contributed by atoms with Gasteiger partial charge in [0.05, 0.1) is 54.6 Å². The number of hydrogen-bond donors (Lipinski definition) is 2. The molecule has 8 heteroatoms. The smallest absolute Gasteiger partial charge is 0.195 e. The van der Waals surface area contributed by atoms with Gasteiger partial charge in [-0.15, -0.1) is 0 Å². The second-order valence-corrected chi connectivity index (χ2v) is 17.2. The molecule has 3 fully saturated rings. The molecule has 16 atom stereocenters. The Kier molecular flexibility index (Phi) is 14.4. The molecule has 2 heterocycles. The van der Waals surface area contributed by atoms with Crippen molar-refractivity contribution in [2.24, 2.45) is 41.4 Å². The normalized spacial score (nSPS) is 37.7. The first kappa shape index (κ1) is 43.4. The van der Waals surface area contributed by atoms with E-state index >= 15 is 0 Å². The summed E-state index contributed by atoms with van der Waals surface area (Å²) in [5.41, 5.74) is -0.428. The quantitative estimate of drug-likeness (QED) is 0.102. The van der Waals surface area contributed by atoms with Gasteiger partial charge < -0.3 is 38.6 Å². The topological polar surface area (TPSA) is 95.8 Å². The van der Waals surface area contributed by atoms with E-state index < -0.39 is 28.9 Å². The van der Waals surface area contributed by atoms with E-state index in [4.69, 9.17) is 28.4 Å². The zero-order valence-corrected chi connectivity index (χ0v) is 34.5. The lowest BCUT2D eigenvalue weighted by Gasteiger charge is -2.53. The van der Waals surface area contributed by atoms with Gasteiger partial charge >= 0.3 is 0 Å². The Morgan fingerprint density at radius 2 is 1.52 bits per heavy atom. The van der Waals surface area contributed by atoms with Crippen LogP contribution in [0.3, 0.4) is 0 Å². The van der Waals surface area contributed by atoms with E-state index in [0.29, 0.717) is 31.1 Å². The lowest BCUT2D eigenvalue weighted by Crippen LogP contribution is -2.63. The molecule has 0 spiro atoms. The van der Waals surface area contributed by atoms with Crippen LogP contribution in [0, 0.1) is 41.4 Å². The molecule has 8 nitrogen and oxygen atoms in total. The highest BCUT2D eigenvalue weighted by molar-refractivity contribution is 5.11. The zero-order chi connectivity index (χ0) is 38.1. The van der Waals surface area contributed by atoms with E-state index in [1.165, 1.54) is 5.57 Å². The molecule has 1 saturated carbocycles. The molecule has 292 valence electrons. The molecule has 3 aliphatic rings. The molecule has 2 unspecified atom stereocenters. The Bertz CT molecular complexity index is 1140. The van der Waals surface area contributed by atoms with Crippen LogP contribution in [0.5, 0.6) is 0 Å². The molecule has 0 aromatic heterocycles. The molecule has 2 aliphatic heterocycles. The summed E-state index contributed by atoms with van der Waals surface area (Å²) in [5.74, 6) is -0.216. The largest absolute Gasteiger partial charge is 0.501 e. The summed E-state index contributed by atoms with van der Waals surface area (Å²) < 4.78 is 38.9. The second kappa shape index (κ2) is 16.6. The van der Waals surface area contributed by atoms with Gasteiger partial charge in [-0.3, -0.25) is 0 Å². The average molecular weight is 709 g/mol. The minimum Gasteiger partial charge on any atom is -0.501 e. The van der Waals surface area contributed by atoms with E-state index in [-0.39, 0.29) is 60.1 Å². The number of methoxy groups -OCH3 is 1. The van der Waals surface area contributed by atoms with Crippen molar-refractivity contribution in [1.29, 1.82) is 0 Å². The Balaban J connectivity index is 1.69. The van der Waals surface area contributed by atoms with Crippen molar-refractivity contribution in [3.8, 4) is 0 Å². The molecule has 2 saturated heterocycles. The Morgan fingerprint density at radius 3 is 2.04 bits per heavy atom. The molecule has 0 aromatic carbocycles. The summed E-state index contributed by atoms with van der Waals surface area (Å²) >= 11 is 0. The molecular formula is C42H76O8. The lowest BCUT2D eigenvalue weighted by atomic mass is 9.74. The maximum Gasteiger partial charge on any atom is 0.195 e. The van der Waals surface area contributed by atoms with Crippen molar-refractivity contribution in [2.45, 2.75) is 195 Å². The van der Waals surface area contributed by atoms with Crippen molar-refractivity contribution < 1.29 is 38.6 Å². The Morgan fingerprint density at radius 1 is 0.920 bits per heavy atom. The fourth-order valence-electron chi connectivity index (χ4n) is 9.31. The zero-order valence-electron chi connectivity index (χ0n) is 34.5. The molecule has 0 aromatic rings. The van der Waals surface area contributed by atoms with Crippen molar-refractivity contribution in [3.05, 3.63) is 24.5 Å². The van der Waals surface area contributed by atoms with Gasteiger partial charge in [0, 0.05) is 17.8 Å². The highest BCUT2D eigenvalue weighted by atomic mass is 16.8. The summed E-state index contributed by atoms with van der Waals surface area (Å²) in [7, 11) is 1.68. The van der Waals surface area contributed by atoms with E-state index in [1.807, 2.05) is 41.5 Å². The van der Waals surface area contributed by atoms with Crippen LogP contribution in [0.2, 0.25) is 0 Å². The van der Waals surface area contributed by atoms with Gasteiger partial charge in [-0.05, 0) is 118 Å². The third-order valence-electron chi connectivity index (χ3n) is 13.6. The standard InChI is InChI=1S/C42H76O8/c1-18-33(27(7)25(5)24(4)26(6)28(8)46-30(10)34(19-2)29(9)45-17)31(11)48-40(15)36-23-35(36)38(43)41(16,50-40)49-39(13,14)37-21-22-42(44,20-3)32(12)47-37/h24-26,28,30-38,43-44H,7,9,18-23H2,1-6,8,10-17H3/t24-,25+,26+,28-,30-,31+,32+,33+,34+,35?,36?,37-,38-,40-,41+,42-/m1/s1. The van der Waals surface area contributed by atoms with Crippen LogP contribution in [0.1, 0.15) is 135 Å². The molecule has 0 amide bonds. The summed E-state index contributed by atoms with van der Waals surface area (Å²) in [6.07, 6.45) is 3.09. The highest BCUT2D eigenvalue weighted by Crippen LogP contribution is 2.60. The maximum atomic E-state index is 11.5. The fraction of sp³-hybridized carbons (Fsp3) is 0.905. The summed E-state index contributed by atoms with van der Waals surface area (Å²) in [5, 5.41) is 22.5. The third kappa shape index (κ3) is 9.02. The first-order valence-corrected chi connectivity index (χ1v) is 19.8.